The zero-order valence-corrected chi connectivity index (χ0v) is 13.6. The quantitative estimate of drug-likeness (QED) is 0.797. The third kappa shape index (κ3) is 2.77. The van der Waals surface area contributed by atoms with Crippen LogP contribution in [-0.4, -0.2) is 49.1 Å². The van der Waals surface area contributed by atoms with E-state index in [-0.39, 0.29) is 12.5 Å². The maximum absolute atomic E-state index is 12.7. The molecule has 0 radical (unpaired) electrons. The third-order valence-electron chi connectivity index (χ3n) is 4.62. The van der Waals surface area contributed by atoms with Crippen LogP contribution in [0.2, 0.25) is 0 Å². The number of nitrogens with one attached hydrogen (secondary N) is 1. The lowest BCUT2D eigenvalue weighted by Gasteiger charge is -2.32. The van der Waals surface area contributed by atoms with Crippen LogP contribution >= 0.6 is 0 Å². The number of hydrogen-bond acceptors (Lipinski definition) is 4. The summed E-state index contributed by atoms with van der Waals surface area (Å²) in [4.78, 5) is 14.6. The average Bonchev–Trinajstić information content (AvgIpc) is 3.22. The number of nitrogens with zero attached hydrogens (tertiary/aromatic N) is 5. The number of piperidine rings is 1. The molecule has 0 aliphatic carbocycles. The molecule has 1 fully saturated rings. The van der Waals surface area contributed by atoms with E-state index in [9.17, 15) is 4.79 Å². The Hall–Kier alpha value is -2.70. The van der Waals surface area contributed by atoms with Crippen LogP contribution in [0.5, 0.6) is 0 Å². The van der Waals surface area contributed by atoms with Crippen LogP contribution in [0.15, 0.2) is 30.3 Å². The molecule has 1 amide bonds. The molecule has 7 heteroatoms. The van der Waals surface area contributed by atoms with Gasteiger partial charge < -0.3 is 4.90 Å². The average molecular weight is 324 g/mol. The summed E-state index contributed by atoms with van der Waals surface area (Å²) in [6, 6.07) is 9.77. The number of hydrogen-bond donors (Lipinski definition) is 1. The van der Waals surface area contributed by atoms with Gasteiger partial charge in [0.1, 0.15) is 12.1 Å². The zero-order valence-electron chi connectivity index (χ0n) is 13.6. The third-order valence-corrected chi connectivity index (χ3v) is 4.62. The largest absolute Gasteiger partial charge is 0.340 e. The van der Waals surface area contributed by atoms with Crippen molar-refractivity contribution in [2.45, 2.75) is 32.2 Å². The fraction of sp³-hybridized carbons (Fsp3) is 0.412. The molecule has 0 bridgehead atoms. The van der Waals surface area contributed by atoms with Crippen LogP contribution < -0.4 is 0 Å². The summed E-state index contributed by atoms with van der Waals surface area (Å²) in [7, 11) is 0. The van der Waals surface area contributed by atoms with Crippen molar-refractivity contribution in [3.63, 3.8) is 0 Å². The van der Waals surface area contributed by atoms with E-state index in [0.29, 0.717) is 5.92 Å². The first-order valence-electron chi connectivity index (χ1n) is 8.28. The van der Waals surface area contributed by atoms with Crippen molar-refractivity contribution in [3.05, 3.63) is 41.7 Å². The smallest absolute Gasteiger partial charge is 0.244 e. The van der Waals surface area contributed by atoms with Gasteiger partial charge in [0.2, 0.25) is 5.91 Å². The number of H-pyrrole nitrogens is 1. The fourth-order valence-corrected chi connectivity index (χ4v) is 3.36. The van der Waals surface area contributed by atoms with Gasteiger partial charge in [-0.05, 0) is 38.0 Å². The fourth-order valence-electron chi connectivity index (χ4n) is 3.36. The minimum Gasteiger partial charge on any atom is -0.340 e. The second kappa shape index (κ2) is 6.07. The van der Waals surface area contributed by atoms with Gasteiger partial charge in [0, 0.05) is 24.7 Å². The van der Waals surface area contributed by atoms with E-state index in [0.717, 1.165) is 48.4 Å². The van der Waals surface area contributed by atoms with Crippen LogP contribution in [0.1, 0.15) is 30.1 Å². The van der Waals surface area contributed by atoms with Crippen molar-refractivity contribution in [2.24, 2.45) is 0 Å². The van der Waals surface area contributed by atoms with Crippen LogP contribution in [0.4, 0.5) is 0 Å². The normalized spacial score (nSPS) is 18.2. The second-order valence-corrected chi connectivity index (χ2v) is 6.39. The van der Waals surface area contributed by atoms with Crippen molar-refractivity contribution in [3.8, 4) is 0 Å². The highest BCUT2D eigenvalue weighted by atomic mass is 16.2. The number of benzene rings is 1. The second-order valence-electron chi connectivity index (χ2n) is 6.39. The molecule has 1 aliphatic heterocycles. The van der Waals surface area contributed by atoms with Gasteiger partial charge in [0.25, 0.3) is 0 Å². The SMILES string of the molecule is Cc1cc([C@@H]2CCCN(C(=O)Cn3nnc4ccccc43)C2)n[nH]1. The molecule has 1 atom stereocenters. The van der Waals surface area contributed by atoms with Crippen molar-refractivity contribution in [1.82, 2.24) is 30.1 Å². The molecule has 4 rings (SSSR count). The summed E-state index contributed by atoms with van der Waals surface area (Å²) in [6.45, 7) is 3.74. The summed E-state index contributed by atoms with van der Waals surface area (Å²) in [6.07, 6.45) is 2.07. The number of fused-ring (bicyclic) bond motifs is 1. The van der Waals surface area contributed by atoms with Gasteiger partial charge in [-0.15, -0.1) is 5.10 Å². The maximum Gasteiger partial charge on any atom is 0.244 e. The molecule has 7 nitrogen and oxygen atoms in total. The molecule has 1 aromatic carbocycles. The number of aromatic nitrogens is 5. The Balaban J connectivity index is 1.48. The molecule has 1 saturated heterocycles. The highest BCUT2D eigenvalue weighted by molar-refractivity contribution is 5.80. The number of aromatic amines is 1. The van der Waals surface area contributed by atoms with Crippen molar-refractivity contribution in [2.75, 3.05) is 13.1 Å². The lowest BCUT2D eigenvalue weighted by Crippen LogP contribution is -2.41. The number of carbonyl (C=O) groups is 1. The molecule has 3 heterocycles. The summed E-state index contributed by atoms with van der Waals surface area (Å²) >= 11 is 0. The summed E-state index contributed by atoms with van der Waals surface area (Å²) in [5, 5.41) is 15.6. The maximum atomic E-state index is 12.7. The van der Waals surface area contributed by atoms with Gasteiger partial charge >= 0.3 is 0 Å². The molecule has 0 unspecified atom stereocenters. The minimum absolute atomic E-state index is 0.0858. The molecule has 1 aliphatic rings. The number of likely N-dealkylation sites (tertiary alicyclic amines) is 1. The predicted octanol–water partition coefficient (Wildman–Crippen LogP) is 1.87. The van der Waals surface area contributed by atoms with Crippen molar-refractivity contribution < 1.29 is 4.79 Å². The number of amides is 1. The molecular weight excluding hydrogens is 304 g/mol. The molecule has 1 N–H and O–H groups in total. The zero-order chi connectivity index (χ0) is 16.5. The highest BCUT2D eigenvalue weighted by Gasteiger charge is 2.26. The minimum atomic E-state index is 0.0858. The van der Waals surface area contributed by atoms with Crippen LogP contribution in [0, 0.1) is 6.92 Å². The first-order chi connectivity index (χ1) is 11.7. The van der Waals surface area contributed by atoms with E-state index >= 15 is 0 Å². The molecule has 124 valence electrons. The van der Waals surface area contributed by atoms with E-state index in [1.807, 2.05) is 36.1 Å². The van der Waals surface area contributed by atoms with Gasteiger partial charge in [-0.3, -0.25) is 9.89 Å². The van der Waals surface area contributed by atoms with E-state index in [1.165, 1.54) is 0 Å². The van der Waals surface area contributed by atoms with Gasteiger partial charge in [-0.1, -0.05) is 17.3 Å². The molecule has 3 aromatic rings. The Morgan fingerprint density at radius 1 is 1.38 bits per heavy atom. The Morgan fingerprint density at radius 3 is 3.08 bits per heavy atom. The summed E-state index contributed by atoms with van der Waals surface area (Å²) in [5.74, 6) is 0.391. The van der Waals surface area contributed by atoms with Gasteiger partial charge in [-0.2, -0.15) is 5.10 Å². The number of para-hydroxylation sites is 1. The van der Waals surface area contributed by atoms with Crippen LogP contribution in [-0.2, 0) is 11.3 Å². The van der Waals surface area contributed by atoms with Gasteiger partial charge in [0.05, 0.1) is 11.2 Å². The predicted molar refractivity (Wildman–Crippen MR) is 89.4 cm³/mol. The lowest BCUT2D eigenvalue weighted by atomic mass is 9.94. The monoisotopic (exact) mass is 324 g/mol. The van der Waals surface area contributed by atoms with E-state index in [4.69, 9.17) is 0 Å². The Kier molecular flexibility index (Phi) is 3.76. The standard InChI is InChI=1S/C17H20N6O/c1-12-9-15(19-18-12)13-5-4-8-22(10-13)17(24)11-23-16-7-3-2-6-14(16)20-21-23/h2-3,6-7,9,13H,4-5,8,10-11H2,1H3,(H,18,19)/t13-/m1/s1. The Labute approximate surface area is 139 Å². The molecule has 0 spiro atoms. The van der Waals surface area contributed by atoms with Crippen molar-refractivity contribution in [1.29, 1.82) is 0 Å². The number of rotatable bonds is 3. The Morgan fingerprint density at radius 2 is 2.25 bits per heavy atom. The van der Waals surface area contributed by atoms with E-state index < -0.39 is 0 Å². The number of carbonyl (C=O) groups excluding carboxylic acids is 1. The van der Waals surface area contributed by atoms with Crippen molar-refractivity contribution >= 4 is 16.9 Å². The Bertz CT molecular complexity index is 867. The highest BCUT2D eigenvalue weighted by Crippen LogP contribution is 2.26. The number of aryl methyl sites for hydroxylation is 1. The summed E-state index contributed by atoms with van der Waals surface area (Å²) < 4.78 is 1.68. The topological polar surface area (TPSA) is 79.7 Å². The lowest BCUT2D eigenvalue weighted by molar-refractivity contribution is -0.133. The molecule has 24 heavy (non-hydrogen) atoms. The molecule has 2 aromatic heterocycles. The first-order valence-corrected chi connectivity index (χ1v) is 8.28. The van der Waals surface area contributed by atoms with Gasteiger partial charge in [0.15, 0.2) is 0 Å². The van der Waals surface area contributed by atoms with Crippen LogP contribution in [0.3, 0.4) is 0 Å². The van der Waals surface area contributed by atoms with Crippen LogP contribution in [0.25, 0.3) is 11.0 Å². The van der Waals surface area contributed by atoms with E-state index in [2.05, 4.69) is 26.6 Å². The van der Waals surface area contributed by atoms with E-state index in [1.54, 1.807) is 4.68 Å². The summed E-state index contributed by atoms with van der Waals surface area (Å²) in [5.41, 5.74) is 3.81. The van der Waals surface area contributed by atoms with Gasteiger partial charge in [-0.25, -0.2) is 4.68 Å². The molecular formula is C17H20N6O. The first kappa shape index (κ1) is 14.9. The molecule has 0 saturated carbocycles.